The zero-order chi connectivity index (χ0) is 14.8. The molecule has 2 heterocycles. The maximum Gasteiger partial charge on any atom is 0.163 e. The summed E-state index contributed by atoms with van der Waals surface area (Å²) in [6.07, 6.45) is 1.20. The molecule has 5 heteroatoms. The number of ether oxygens (including phenoxy) is 2. The van der Waals surface area contributed by atoms with Gasteiger partial charge in [-0.2, -0.15) is 0 Å². The average molecular weight is 291 g/mol. The number of rotatable bonds is 2. The highest BCUT2D eigenvalue weighted by Crippen LogP contribution is 2.35. The van der Waals surface area contributed by atoms with E-state index in [2.05, 4.69) is 23.8 Å². The topological polar surface area (TPSA) is 51.0 Å². The van der Waals surface area contributed by atoms with E-state index < -0.39 is 0 Å². The summed E-state index contributed by atoms with van der Waals surface area (Å²) in [6, 6.07) is 4.48. The summed E-state index contributed by atoms with van der Waals surface area (Å²) in [5.41, 5.74) is 8.13. The number of likely N-dealkylation sites (N-methyl/N-ethyl adjacent to an activating group) is 1. The van der Waals surface area contributed by atoms with Crippen molar-refractivity contribution in [2.24, 2.45) is 0 Å². The fourth-order valence-electron chi connectivity index (χ4n) is 3.16. The number of hydrogen-bond donors (Lipinski definition) is 1. The first-order valence-corrected chi connectivity index (χ1v) is 7.74. The molecule has 116 valence electrons. The van der Waals surface area contributed by atoms with Gasteiger partial charge < -0.3 is 20.1 Å². The van der Waals surface area contributed by atoms with Crippen LogP contribution in [0.4, 0.5) is 5.69 Å². The minimum Gasteiger partial charge on any atom is -0.486 e. The highest BCUT2D eigenvalue weighted by Gasteiger charge is 2.22. The average Bonchev–Trinajstić information content (AvgIpc) is 2.61. The lowest BCUT2D eigenvalue weighted by atomic mass is 10.1. The van der Waals surface area contributed by atoms with Crippen molar-refractivity contribution in [2.75, 3.05) is 45.6 Å². The molecule has 3 rings (SSSR count). The van der Waals surface area contributed by atoms with Crippen LogP contribution < -0.4 is 15.2 Å². The second-order valence-corrected chi connectivity index (χ2v) is 6.13. The number of nitrogens with zero attached hydrogens (tertiary/aromatic N) is 2. The summed E-state index contributed by atoms with van der Waals surface area (Å²) in [4.78, 5) is 4.91. The van der Waals surface area contributed by atoms with E-state index in [4.69, 9.17) is 15.2 Å². The summed E-state index contributed by atoms with van der Waals surface area (Å²) in [5.74, 6) is 1.59. The van der Waals surface area contributed by atoms with Gasteiger partial charge >= 0.3 is 0 Å². The smallest absolute Gasteiger partial charge is 0.163 e. The highest BCUT2D eigenvalue weighted by molar-refractivity contribution is 5.58. The molecule has 1 atom stereocenters. The SMILES string of the molecule is CC1CN(C)CCCN1Cc1cc2c(cc1N)OCCO2. The van der Waals surface area contributed by atoms with Gasteiger partial charge in [-0.1, -0.05) is 0 Å². The van der Waals surface area contributed by atoms with Gasteiger partial charge in [-0.05, 0) is 38.6 Å². The maximum absolute atomic E-state index is 6.20. The molecule has 0 radical (unpaired) electrons. The molecule has 1 fully saturated rings. The molecule has 1 unspecified atom stereocenters. The first kappa shape index (κ1) is 14.5. The molecular formula is C16H25N3O2. The van der Waals surface area contributed by atoms with Gasteiger partial charge in [-0.25, -0.2) is 0 Å². The number of benzene rings is 1. The molecule has 5 nitrogen and oxygen atoms in total. The number of hydrogen-bond acceptors (Lipinski definition) is 5. The van der Waals surface area contributed by atoms with Crippen LogP contribution in [0.3, 0.4) is 0 Å². The monoisotopic (exact) mass is 291 g/mol. The van der Waals surface area contributed by atoms with Crippen molar-refractivity contribution in [3.05, 3.63) is 17.7 Å². The largest absolute Gasteiger partial charge is 0.486 e. The fraction of sp³-hybridized carbons (Fsp3) is 0.625. The van der Waals surface area contributed by atoms with Crippen molar-refractivity contribution >= 4 is 5.69 Å². The number of fused-ring (bicyclic) bond motifs is 1. The highest BCUT2D eigenvalue weighted by atomic mass is 16.6. The van der Waals surface area contributed by atoms with Gasteiger partial charge in [-0.15, -0.1) is 0 Å². The van der Waals surface area contributed by atoms with Crippen LogP contribution in [0.1, 0.15) is 18.9 Å². The molecule has 2 aliphatic rings. The summed E-state index contributed by atoms with van der Waals surface area (Å²) in [7, 11) is 2.19. The minimum atomic E-state index is 0.533. The van der Waals surface area contributed by atoms with Crippen LogP contribution in [0, 0.1) is 0 Å². The lowest BCUT2D eigenvalue weighted by Crippen LogP contribution is -2.37. The first-order valence-electron chi connectivity index (χ1n) is 7.74. The van der Waals surface area contributed by atoms with Gasteiger partial charge in [-0.3, -0.25) is 4.90 Å². The summed E-state index contributed by atoms with van der Waals surface area (Å²) >= 11 is 0. The van der Waals surface area contributed by atoms with E-state index in [0.29, 0.717) is 19.3 Å². The molecule has 0 aromatic heterocycles. The Morgan fingerprint density at radius 3 is 2.67 bits per heavy atom. The van der Waals surface area contributed by atoms with E-state index >= 15 is 0 Å². The second kappa shape index (κ2) is 6.12. The predicted octanol–water partition coefficient (Wildman–Crippen LogP) is 1.57. The Labute approximate surface area is 126 Å². The van der Waals surface area contributed by atoms with Crippen molar-refractivity contribution in [3.63, 3.8) is 0 Å². The molecule has 1 saturated heterocycles. The molecule has 0 saturated carbocycles. The Kier molecular flexibility index (Phi) is 4.22. The van der Waals surface area contributed by atoms with Crippen LogP contribution in [-0.4, -0.2) is 55.7 Å². The Balaban J connectivity index is 1.77. The van der Waals surface area contributed by atoms with E-state index in [1.54, 1.807) is 0 Å². The van der Waals surface area contributed by atoms with Crippen LogP contribution in [-0.2, 0) is 6.54 Å². The number of nitrogen functional groups attached to an aromatic ring is 1. The molecule has 2 aliphatic heterocycles. The number of nitrogens with two attached hydrogens (primary N) is 1. The molecular weight excluding hydrogens is 266 g/mol. The van der Waals surface area contributed by atoms with Crippen molar-refractivity contribution in [3.8, 4) is 11.5 Å². The maximum atomic E-state index is 6.20. The Morgan fingerprint density at radius 2 is 1.90 bits per heavy atom. The minimum absolute atomic E-state index is 0.533. The van der Waals surface area contributed by atoms with Crippen molar-refractivity contribution in [1.82, 2.24) is 9.80 Å². The van der Waals surface area contributed by atoms with E-state index in [0.717, 1.165) is 48.9 Å². The molecule has 1 aromatic carbocycles. The van der Waals surface area contributed by atoms with Crippen molar-refractivity contribution < 1.29 is 9.47 Å². The van der Waals surface area contributed by atoms with Crippen LogP contribution in [0.2, 0.25) is 0 Å². The normalized spacial score (nSPS) is 23.8. The van der Waals surface area contributed by atoms with E-state index in [-0.39, 0.29) is 0 Å². The summed E-state index contributed by atoms with van der Waals surface area (Å²) in [6.45, 7) is 7.75. The third-order valence-corrected chi connectivity index (χ3v) is 4.36. The summed E-state index contributed by atoms with van der Waals surface area (Å²) in [5, 5.41) is 0. The van der Waals surface area contributed by atoms with Crippen molar-refractivity contribution in [1.29, 1.82) is 0 Å². The molecule has 1 aromatic rings. The van der Waals surface area contributed by atoms with Crippen LogP contribution in [0.5, 0.6) is 11.5 Å². The van der Waals surface area contributed by atoms with Crippen LogP contribution >= 0.6 is 0 Å². The third-order valence-electron chi connectivity index (χ3n) is 4.36. The zero-order valence-electron chi connectivity index (χ0n) is 13.0. The van der Waals surface area contributed by atoms with Gasteiger partial charge in [0.2, 0.25) is 0 Å². The molecule has 0 amide bonds. The molecule has 0 bridgehead atoms. The lowest BCUT2D eigenvalue weighted by Gasteiger charge is -2.29. The zero-order valence-corrected chi connectivity index (χ0v) is 13.0. The predicted molar refractivity (Wildman–Crippen MR) is 83.8 cm³/mol. The lowest BCUT2D eigenvalue weighted by molar-refractivity contribution is 0.170. The fourth-order valence-corrected chi connectivity index (χ4v) is 3.16. The molecule has 21 heavy (non-hydrogen) atoms. The molecule has 0 spiro atoms. The van der Waals surface area contributed by atoms with Crippen LogP contribution in [0.25, 0.3) is 0 Å². The van der Waals surface area contributed by atoms with Crippen molar-refractivity contribution in [2.45, 2.75) is 25.9 Å². The van der Waals surface area contributed by atoms with E-state index in [9.17, 15) is 0 Å². The molecule has 2 N–H and O–H groups in total. The second-order valence-electron chi connectivity index (χ2n) is 6.13. The quantitative estimate of drug-likeness (QED) is 0.838. The van der Waals surface area contributed by atoms with E-state index in [1.807, 2.05) is 12.1 Å². The summed E-state index contributed by atoms with van der Waals surface area (Å²) < 4.78 is 11.2. The Bertz CT molecular complexity index is 507. The van der Waals surface area contributed by atoms with Gasteiger partial charge in [0, 0.05) is 37.4 Å². The van der Waals surface area contributed by atoms with Gasteiger partial charge in [0.25, 0.3) is 0 Å². The van der Waals surface area contributed by atoms with Gasteiger partial charge in [0.1, 0.15) is 13.2 Å². The van der Waals surface area contributed by atoms with Gasteiger partial charge in [0.15, 0.2) is 11.5 Å². The molecule has 0 aliphatic carbocycles. The first-order chi connectivity index (χ1) is 10.1. The standard InChI is InChI=1S/C16H25N3O2/c1-12-10-18(2)4-3-5-19(12)11-13-8-15-16(9-14(13)17)21-7-6-20-15/h8-9,12H,3-7,10-11,17H2,1-2H3. The Hall–Kier alpha value is -1.46. The van der Waals surface area contributed by atoms with Gasteiger partial charge in [0.05, 0.1) is 0 Å². The van der Waals surface area contributed by atoms with E-state index in [1.165, 1.54) is 6.42 Å². The Morgan fingerprint density at radius 1 is 1.19 bits per heavy atom. The third kappa shape index (κ3) is 3.24. The van der Waals surface area contributed by atoms with Crippen LogP contribution in [0.15, 0.2) is 12.1 Å². The number of anilines is 1.